The molecule has 21 heavy (non-hydrogen) atoms. The van der Waals surface area contributed by atoms with E-state index in [9.17, 15) is 18.0 Å². The van der Waals surface area contributed by atoms with E-state index in [1.54, 1.807) is 45.0 Å². The Hall–Kier alpha value is -1.36. The van der Waals surface area contributed by atoms with Crippen molar-refractivity contribution in [3.8, 4) is 0 Å². The molecule has 1 heterocycles. The first-order chi connectivity index (χ1) is 9.73. The fraction of sp³-hybridized carbons (Fsp3) is 0.562. The van der Waals surface area contributed by atoms with Gasteiger partial charge in [-0.05, 0) is 12.5 Å². The molecule has 0 aliphatic carbocycles. The summed E-state index contributed by atoms with van der Waals surface area (Å²) in [7, 11) is 0. The van der Waals surface area contributed by atoms with Gasteiger partial charge < -0.3 is 5.32 Å². The normalized spacial score (nSPS) is 29.9. The number of hydrogen-bond acceptors (Lipinski definition) is 2. The molecule has 116 valence electrons. The lowest BCUT2D eigenvalue weighted by Gasteiger charge is -2.26. The van der Waals surface area contributed by atoms with Gasteiger partial charge in [-0.3, -0.25) is 4.79 Å². The van der Waals surface area contributed by atoms with E-state index in [0.717, 1.165) is 5.56 Å². The number of ketones is 1. The van der Waals surface area contributed by atoms with Gasteiger partial charge in [0.2, 0.25) is 0 Å². The number of halogens is 3. The van der Waals surface area contributed by atoms with Gasteiger partial charge in [0, 0.05) is 17.9 Å². The monoisotopic (exact) mass is 299 g/mol. The molecule has 1 fully saturated rings. The summed E-state index contributed by atoms with van der Waals surface area (Å²) in [5.41, 5.74) is 0.781. The number of rotatable bonds is 3. The van der Waals surface area contributed by atoms with Crippen molar-refractivity contribution < 1.29 is 18.0 Å². The predicted octanol–water partition coefficient (Wildman–Crippen LogP) is 3.53. The first kappa shape index (κ1) is 16.0. The molecule has 0 aromatic heterocycles. The Labute approximate surface area is 122 Å². The molecule has 1 aromatic carbocycles. The van der Waals surface area contributed by atoms with Crippen LogP contribution in [-0.4, -0.2) is 24.0 Å². The van der Waals surface area contributed by atoms with Gasteiger partial charge in [-0.1, -0.05) is 44.2 Å². The molecular formula is C16H20F3NO. The van der Waals surface area contributed by atoms with E-state index in [4.69, 9.17) is 0 Å². The molecule has 2 rings (SSSR count). The van der Waals surface area contributed by atoms with Crippen LogP contribution in [0.5, 0.6) is 0 Å². The van der Waals surface area contributed by atoms with E-state index < -0.39 is 36.0 Å². The minimum absolute atomic E-state index is 0.331. The third-order valence-electron chi connectivity index (χ3n) is 4.16. The van der Waals surface area contributed by atoms with Gasteiger partial charge in [0.15, 0.2) is 0 Å². The summed E-state index contributed by atoms with van der Waals surface area (Å²) in [6.07, 6.45) is -4.42. The van der Waals surface area contributed by atoms with Crippen molar-refractivity contribution in [1.82, 2.24) is 5.32 Å². The predicted molar refractivity (Wildman–Crippen MR) is 75.0 cm³/mol. The van der Waals surface area contributed by atoms with E-state index in [0.29, 0.717) is 0 Å². The Kier molecular flexibility index (Phi) is 4.42. The van der Waals surface area contributed by atoms with Gasteiger partial charge >= 0.3 is 6.18 Å². The summed E-state index contributed by atoms with van der Waals surface area (Å²) in [6, 6.07) is 6.82. The topological polar surface area (TPSA) is 29.1 Å². The van der Waals surface area contributed by atoms with Crippen LogP contribution in [0, 0.1) is 11.8 Å². The van der Waals surface area contributed by atoms with Crippen LogP contribution < -0.4 is 5.32 Å². The van der Waals surface area contributed by atoms with Gasteiger partial charge in [-0.15, -0.1) is 0 Å². The first-order valence-corrected chi connectivity index (χ1v) is 7.15. The standard InChI is InChI=1S/C16H20F3NO/c1-9(2)14(21)13-12(11-7-5-4-6-8-11)10(3)20-15(13)16(17,18)19/h4-10,12-13,15,20H,1-3H3/t10?,12-,13-,15-/m1/s1. The highest BCUT2D eigenvalue weighted by atomic mass is 19.4. The molecule has 0 bridgehead atoms. The molecule has 0 amide bonds. The van der Waals surface area contributed by atoms with Crippen LogP contribution in [-0.2, 0) is 4.79 Å². The van der Waals surface area contributed by atoms with E-state index >= 15 is 0 Å². The molecule has 0 saturated carbocycles. The Balaban J connectivity index is 2.44. The van der Waals surface area contributed by atoms with Crippen LogP contribution in [0.3, 0.4) is 0 Å². The maximum absolute atomic E-state index is 13.3. The number of carbonyl (C=O) groups excluding carboxylic acids is 1. The SMILES string of the molecule is CC(C)C(=O)[C@@H]1[C@H](C(F)(F)F)NC(C)[C@@H]1c1ccccc1. The summed E-state index contributed by atoms with van der Waals surface area (Å²) >= 11 is 0. The molecule has 1 aliphatic rings. The molecule has 4 atom stereocenters. The number of carbonyl (C=O) groups is 1. The lowest BCUT2D eigenvalue weighted by molar-refractivity contribution is -0.167. The molecule has 0 radical (unpaired) electrons. The van der Waals surface area contributed by atoms with Crippen LogP contribution >= 0.6 is 0 Å². The fourth-order valence-corrected chi connectivity index (χ4v) is 3.20. The summed E-state index contributed by atoms with van der Waals surface area (Å²) in [6.45, 7) is 5.02. The Morgan fingerprint density at radius 2 is 1.76 bits per heavy atom. The second kappa shape index (κ2) is 5.79. The Morgan fingerprint density at radius 3 is 2.24 bits per heavy atom. The summed E-state index contributed by atoms with van der Waals surface area (Å²) in [5.74, 6) is -2.27. The Bertz CT molecular complexity index is 498. The molecule has 0 spiro atoms. The molecule has 1 aliphatic heterocycles. The highest BCUT2D eigenvalue weighted by Crippen LogP contribution is 2.43. The largest absolute Gasteiger partial charge is 0.404 e. The zero-order valence-corrected chi connectivity index (χ0v) is 12.3. The fourth-order valence-electron chi connectivity index (χ4n) is 3.20. The lowest BCUT2D eigenvalue weighted by atomic mass is 9.77. The Morgan fingerprint density at radius 1 is 1.19 bits per heavy atom. The second-order valence-corrected chi connectivity index (χ2v) is 5.99. The minimum atomic E-state index is -4.42. The minimum Gasteiger partial charge on any atom is -0.302 e. The molecule has 1 unspecified atom stereocenters. The van der Waals surface area contributed by atoms with E-state index in [1.165, 1.54) is 0 Å². The third kappa shape index (κ3) is 3.12. The average molecular weight is 299 g/mol. The van der Waals surface area contributed by atoms with Crippen LogP contribution in [0.15, 0.2) is 30.3 Å². The van der Waals surface area contributed by atoms with Crippen LogP contribution in [0.1, 0.15) is 32.3 Å². The van der Waals surface area contributed by atoms with Crippen molar-refractivity contribution in [2.75, 3.05) is 0 Å². The molecule has 1 N–H and O–H groups in total. The van der Waals surface area contributed by atoms with Crippen molar-refractivity contribution in [3.05, 3.63) is 35.9 Å². The van der Waals surface area contributed by atoms with E-state index in [2.05, 4.69) is 5.32 Å². The lowest BCUT2D eigenvalue weighted by Crippen LogP contribution is -2.46. The van der Waals surface area contributed by atoms with Crippen molar-refractivity contribution in [1.29, 1.82) is 0 Å². The summed E-state index contributed by atoms with van der Waals surface area (Å²) in [5, 5.41) is 2.58. The van der Waals surface area contributed by atoms with Gasteiger partial charge in [-0.25, -0.2) is 0 Å². The third-order valence-corrected chi connectivity index (χ3v) is 4.16. The van der Waals surface area contributed by atoms with E-state index in [-0.39, 0.29) is 5.78 Å². The molecule has 2 nitrogen and oxygen atoms in total. The summed E-state index contributed by atoms with van der Waals surface area (Å²) < 4.78 is 39.8. The molecule has 1 aromatic rings. The van der Waals surface area contributed by atoms with Crippen molar-refractivity contribution in [2.45, 2.75) is 44.9 Å². The van der Waals surface area contributed by atoms with Gasteiger partial charge in [-0.2, -0.15) is 13.2 Å². The maximum atomic E-state index is 13.3. The number of benzene rings is 1. The average Bonchev–Trinajstić information content (AvgIpc) is 2.76. The van der Waals surface area contributed by atoms with Crippen LogP contribution in [0.2, 0.25) is 0 Å². The first-order valence-electron chi connectivity index (χ1n) is 7.15. The second-order valence-electron chi connectivity index (χ2n) is 5.99. The summed E-state index contributed by atoms with van der Waals surface area (Å²) in [4.78, 5) is 12.4. The van der Waals surface area contributed by atoms with Crippen molar-refractivity contribution >= 4 is 5.78 Å². The highest BCUT2D eigenvalue weighted by Gasteiger charge is 2.56. The highest BCUT2D eigenvalue weighted by molar-refractivity contribution is 5.85. The van der Waals surface area contributed by atoms with Crippen LogP contribution in [0.4, 0.5) is 13.2 Å². The number of nitrogens with one attached hydrogen (secondary N) is 1. The van der Waals surface area contributed by atoms with Gasteiger partial charge in [0.05, 0.1) is 5.92 Å². The van der Waals surface area contributed by atoms with Crippen LogP contribution in [0.25, 0.3) is 0 Å². The van der Waals surface area contributed by atoms with Crippen molar-refractivity contribution in [2.24, 2.45) is 11.8 Å². The zero-order chi connectivity index (χ0) is 15.8. The maximum Gasteiger partial charge on any atom is 0.404 e. The number of Topliss-reactive ketones (excluding diaryl/α,β-unsaturated/α-hetero) is 1. The van der Waals surface area contributed by atoms with Gasteiger partial charge in [0.1, 0.15) is 11.8 Å². The van der Waals surface area contributed by atoms with Gasteiger partial charge in [0.25, 0.3) is 0 Å². The smallest absolute Gasteiger partial charge is 0.302 e. The molecular weight excluding hydrogens is 279 g/mol. The van der Waals surface area contributed by atoms with Crippen molar-refractivity contribution in [3.63, 3.8) is 0 Å². The van der Waals surface area contributed by atoms with E-state index in [1.807, 2.05) is 6.07 Å². The molecule has 1 saturated heterocycles. The number of hydrogen-bond donors (Lipinski definition) is 1. The molecule has 5 heteroatoms. The quantitative estimate of drug-likeness (QED) is 0.925. The number of alkyl halides is 3. The zero-order valence-electron chi connectivity index (χ0n) is 12.3.